The predicted octanol–water partition coefficient (Wildman–Crippen LogP) is 1.77. The van der Waals surface area contributed by atoms with Crippen LogP contribution in [0.5, 0.6) is 0 Å². The maximum absolute atomic E-state index is 12.2. The van der Waals surface area contributed by atoms with Crippen molar-refractivity contribution in [2.75, 3.05) is 5.75 Å². The molecule has 3 aromatic rings. The molecule has 0 atom stereocenters. The number of rotatable bonds is 4. The van der Waals surface area contributed by atoms with Crippen LogP contribution in [0.25, 0.3) is 11.4 Å². The Balaban J connectivity index is 1.40. The number of pyridine rings is 1. The van der Waals surface area contributed by atoms with Gasteiger partial charge in [0.15, 0.2) is 11.0 Å². The summed E-state index contributed by atoms with van der Waals surface area (Å²) in [6.07, 6.45) is 8.40. The molecule has 24 heavy (non-hydrogen) atoms. The molecule has 0 bridgehead atoms. The van der Waals surface area contributed by atoms with Gasteiger partial charge in [-0.25, -0.2) is 15.0 Å². The lowest BCUT2D eigenvalue weighted by molar-refractivity contribution is 0.0949. The van der Waals surface area contributed by atoms with Gasteiger partial charge in [-0.15, -0.1) is 0 Å². The molecule has 1 amide bonds. The van der Waals surface area contributed by atoms with Gasteiger partial charge in [-0.05, 0) is 12.1 Å². The van der Waals surface area contributed by atoms with Crippen LogP contribution in [-0.2, 0) is 13.1 Å². The fraction of sp³-hybridized carbons (Fsp3) is 0.188. The zero-order valence-electron chi connectivity index (χ0n) is 12.7. The van der Waals surface area contributed by atoms with Gasteiger partial charge in [-0.3, -0.25) is 9.78 Å². The van der Waals surface area contributed by atoms with Crippen molar-refractivity contribution in [3.8, 4) is 11.4 Å². The third kappa shape index (κ3) is 3.00. The summed E-state index contributed by atoms with van der Waals surface area (Å²) < 4.78 is 2.11. The molecule has 0 radical (unpaired) electrons. The Kier molecular flexibility index (Phi) is 3.96. The highest BCUT2D eigenvalue weighted by atomic mass is 32.2. The lowest BCUT2D eigenvalue weighted by Crippen LogP contribution is -2.23. The van der Waals surface area contributed by atoms with Crippen LogP contribution in [0.3, 0.4) is 0 Å². The molecule has 0 aliphatic carbocycles. The molecule has 1 N–H and O–H groups in total. The summed E-state index contributed by atoms with van der Waals surface area (Å²) in [7, 11) is 0. The summed E-state index contributed by atoms with van der Waals surface area (Å²) >= 11 is 1.73. The molecule has 0 aromatic carbocycles. The average Bonchev–Trinajstić information content (AvgIpc) is 3.22. The third-order valence-electron chi connectivity index (χ3n) is 3.62. The van der Waals surface area contributed by atoms with Crippen LogP contribution >= 0.6 is 11.8 Å². The molecule has 0 spiro atoms. The van der Waals surface area contributed by atoms with Gasteiger partial charge < -0.3 is 9.88 Å². The first-order valence-corrected chi connectivity index (χ1v) is 8.47. The minimum Gasteiger partial charge on any atom is -0.346 e. The highest BCUT2D eigenvalue weighted by Crippen LogP contribution is 2.24. The topological polar surface area (TPSA) is 85.6 Å². The zero-order chi connectivity index (χ0) is 16.4. The van der Waals surface area contributed by atoms with Gasteiger partial charge >= 0.3 is 0 Å². The van der Waals surface area contributed by atoms with Crippen molar-refractivity contribution >= 4 is 17.7 Å². The van der Waals surface area contributed by atoms with E-state index in [9.17, 15) is 4.79 Å². The second kappa shape index (κ2) is 6.40. The number of hydrogen-bond donors (Lipinski definition) is 1. The molecule has 1 aliphatic heterocycles. The highest BCUT2D eigenvalue weighted by Gasteiger charge is 2.15. The summed E-state index contributed by atoms with van der Waals surface area (Å²) in [5.41, 5.74) is 2.09. The van der Waals surface area contributed by atoms with E-state index in [0.29, 0.717) is 17.9 Å². The fourth-order valence-corrected chi connectivity index (χ4v) is 3.37. The Morgan fingerprint density at radius 1 is 1.29 bits per heavy atom. The first kappa shape index (κ1) is 14.8. The van der Waals surface area contributed by atoms with Gasteiger partial charge in [0.1, 0.15) is 0 Å². The molecule has 8 heteroatoms. The Labute approximate surface area is 142 Å². The van der Waals surface area contributed by atoms with E-state index in [0.717, 1.165) is 28.7 Å². The Morgan fingerprint density at radius 2 is 2.17 bits per heavy atom. The predicted molar refractivity (Wildman–Crippen MR) is 89.4 cm³/mol. The summed E-state index contributed by atoms with van der Waals surface area (Å²) in [6.45, 7) is 1.37. The molecule has 0 saturated carbocycles. The summed E-state index contributed by atoms with van der Waals surface area (Å²) in [5, 5.41) is 3.86. The smallest absolute Gasteiger partial charge is 0.254 e. The van der Waals surface area contributed by atoms with Crippen LogP contribution in [0.2, 0.25) is 0 Å². The zero-order valence-corrected chi connectivity index (χ0v) is 13.5. The third-order valence-corrected chi connectivity index (χ3v) is 4.59. The molecule has 4 rings (SSSR count). The van der Waals surface area contributed by atoms with E-state index in [4.69, 9.17) is 0 Å². The summed E-state index contributed by atoms with van der Waals surface area (Å²) in [5.74, 6) is 1.39. The molecule has 7 nitrogen and oxygen atoms in total. The lowest BCUT2D eigenvalue weighted by Gasteiger charge is -2.04. The highest BCUT2D eigenvalue weighted by molar-refractivity contribution is 7.99. The normalized spacial score (nSPS) is 12.8. The second-order valence-corrected chi connectivity index (χ2v) is 6.34. The van der Waals surface area contributed by atoms with Gasteiger partial charge in [-0.2, -0.15) is 0 Å². The quantitative estimate of drug-likeness (QED) is 0.780. The van der Waals surface area contributed by atoms with E-state index < -0.39 is 0 Å². The SMILES string of the molecule is O=C(NCc1cn2c(n1)SCC2)c1cnc(-c2cccnc2)nc1. The Morgan fingerprint density at radius 3 is 2.92 bits per heavy atom. The largest absolute Gasteiger partial charge is 0.346 e. The van der Waals surface area contributed by atoms with Gasteiger partial charge in [-0.1, -0.05) is 11.8 Å². The number of imidazole rings is 1. The maximum Gasteiger partial charge on any atom is 0.254 e. The van der Waals surface area contributed by atoms with Crippen LogP contribution in [0.4, 0.5) is 0 Å². The molecule has 120 valence electrons. The van der Waals surface area contributed by atoms with Crippen molar-refractivity contribution in [1.29, 1.82) is 0 Å². The first-order chi connectivity index (χ1) is 11.8. The van der Waals surface area contributed by atoms with E-state index in [1.54, 1.807) is 24.2 Å². The van der Waals surface area contributed by atoms with Crippen molar-refractivity contribution in [2.45, 2.75) is 18.2 Å². The van der Waals surface area contributed by atoms with Crippen LogP contribution in [0, 0.1) is 0 Å². The number of aromatic nitrogens is 5. The van der Waals surface area contributed by atoms with Gasteiger partial charge in [0, 0.05) is 48.8 Å². The standard InChI is InChI=1S/C16H14N6OS/c23-15(20-9-13-10-22-4-5-24-16(22)21-13)12-7-18-14(19-8-12)11-2-1-3-17-6-11/h1-3,6-8,10H,4-5,9H2,(H,20,23). The molecular weight excluding hydrogens is 324 g/mol. The number of amides is 1. The van der Waals surface area contributed by atoms with Crippen LogP contribution in [-0.4, -0.2) is 36.2 Å². The summed E-state index contributed by atoms with van der Waals surface area (Å²) in [4.78, 5) is 29.2. The minimum absolute atomic E-state index is 0.214. The number of hydrogen-bond acceptors (Lipinski definition) is 6. The van der Waals surface area contributed by atoms with Crippen molar-refractivity contribution < 1.29 is 4.79 Å². The van der Waals surface area contributed by atoms with Gasteiger partial charge in [0.25, 0.3) is 5.91 Å². The molecule has 1 aliphatic rings. The molecule has 0 unspecified atom stereocenters. The van der Waals surface area contributed by atoms with E-state index in [1.165, 1.54) is 12.4 Å². The lowest BCUT2D eigenvalue weighted by atomic mass is 10.2. The number of fused-ring (bicyclic) bond motifs is 1. The van der Waals surface area contributed by atoms with Crippen molar-refractivity contribution in [3.63, 3.8) is 0 Å². The van der Waals surface area contributed by atoms with Crippen molar-refractivity contribution in [2.24, 2.45) is 0 Å². The maximum atomic E-state index is 12.2. The monoisotopic (exact) mass is 338 g/mol. The van der Waals surface area contributed by atoms with Gasteiger partial charge in [0.2, 0.25) is 0 Å². The van der Waals surface area contributed by atoms with E-state index in [-0.39, 0.29) is 5.91 Å². The number of aryl methyl sites for hydroxylation is 1. The van der Waals surface area contributed by atoms with Crippen LogP contribution in [0.1, 0.15) is 16.1 Å². The Hall–Kier alpha value is -2.74. The molecule has 0 saturated heterocycles. The molecule has 0 fully saturated rings. The number of thioether (sulfide) groups is 1. The first-order valence-electron chi connectivity index (χ1n) is 7.49. The van der Waals surface area contributed by atoms with Crippen LogP contribution in [0.15, 0.2) is 48.3 Å². The number of nitrogens with zero attached hydrogens (tertiary/aromatic N) is 5. The van der Waals surface area contributed by atoms with Crippen molar-refractivity contribution in [1.82, 2.24) is 29.8 Å². The van der Waals surface area contributed by atoms with Crippen molar-refractivity contribution in [3.05, 3.63) is 54.4 Å². The van der Waals surface area contributed by atoms with E-state index in [1.807, 2.05) is 18.3 Å². The average molecular weight is 338 g/mol. The number of nitrogens with one attached hydrogen (secondary N) is 1. The van der Waals surface area contributed by atoms with E-state index in [2.05, 4.69) is 29.8 Å². The summed E-state index contributed by atoms with van der Waals surface area (Å²) in [6, 6.07) is 3.69. The minimum atomic E-state index is -0.214. The van der Waals surface area contributed by atoms with E-state index >= 15 is 0 Å². The Bertz CT molecular complexity index is 841. The second-order valence-electron chi connectivity index (χ2n) is 5.28. The molecule has 3 aromatic heterocycles. The molecular formula is C16H14N6OS. The number of carbonyl (C=O) groups excluding carboxylic acids is 1. The van der Waals surface area contributed by atoms with Gasteiger partial charge in [0.05, 0.1) is 17.8 Å². The number of carbonyl (C=O) groups is 1. The van der Waals surface area contributed by atoms with Crippen LogP contribution < -0.4 is 5.32 Å². The molecule has 4 heterocycles. The fourth-order valence-electron chi connectivity index (χ4n) is 2.41.